The average molecular weight is 202 g/mol. The number of nitrogens with two attached hydrogens (primary N) is 1. The van der Waals surface area contributed by atoms with Gasteiger partial charge in [0.1, 0.15) is 11.8 Å². The van der Waals surface area contributed by atoms with Crippen molar-refractivity contribution in [3.63, 3.8) is 0 Å². The van der Waals surface area contributed by atoms with Crippen LogP contribution in [0.3, 0.4) is 0 Å². The summed E-state index contributed by atoms with van der Waals surface area (Å²) < 4.78 is 0. The maximum atomic E-state index is 5.75. The van der Waals surface area contributed by atoms with E-state index in [0.717, 1.165) is 11.2 Å². The van der Waals surface area contributed by atoms with E-state index in [1.807, 2.05) is 12.1 Å². The minimum absolute atomic E-state index is 0.0104. The van der Waals surface area contributed by atoms with E-state index >= 15 is 0 Å². The van der Waals surface area contributed by atoms with Gasteiger partial charge in [-0.05, 0) is 12.1 Å². The first-order chi connectivity index (χ1) is 6.98. The van der Waals surface area contributed by atoms with E-state index in [0.29, 0.717) is 11.3 Å². The van der Waals surface area contributed by atoms with Gasteiger partial charge < -0.3 is 5.73 Å². The Morgan fingerprint density at radius 3 is 2.53 bits per heavy atom. The second kappa shape index (κ2) is 3.15. The van der Waals surface area contributed by atoms with Crippen molar-refractivity contribution in [3.05, 3.63) is 24.2 Å². The predicted octanol–water partition coefficient (Wildman–Crippen LogP) is 1.90. The Hall–Kier alpha value is -1.71. The SMILES string of the molecule is CC(C)(C)c1ccc2ncnc(N)c2n1. The molecule has 4 heteroatoms. The topological polar surface area (TPSA) is 64.7 Å². The maximum absolute atomic E-state index is 5.75. The van der Waals surface area contributed by atoms with Crippen molar-refractivity contribution in [3.8, 4) is 0 Å². The molecule has 2 rings (SSSR count). The van der Waals surface area contributed by atoms with Gasteiger partial charge in [-0.1, -0.05) is 20.8 Å². The van der Waals surface area contributed by atoms with Crippen LogP contribution in [-0.4, -0.2) is 15.0 Å². The molecule has 0 radical (unpaired) electrons. The molecule has 0 aromatic carbocycles. The van der Waals surface area contributed by atoms with Crippen molar-refractivity contribution < 1.29 is 0 Å². The number of pyridine rings is 1. The fourth-order valence-electron chi connectivity index (χ4n) is 1.38. The molecule has 0 unspecified atom stereocenters. The number of nitrogens with zero attached hydrogens (tertiary/aromatic N) is 3. The molecule has 2 aromatic heterocycles. The third-order valence-electron chi connectivity index (χ3n) is 2.28. The number of rotatable bonds is 0. The highest BCUT2D eigenvalue weighted by Gasteiger charge is 2.16. The van der Waals surface area contributed by atoms with Gasteiger partial charge in [0.2, 0.25) is 0 Å². The largest absolute Gasteiger partial charge is 0.382 e. The van der Waals surface area contributed by atoms with Gasteiger partial charge in [0.05, 0.1) is 5.52 Å². The van der Waals surface area contributed by atoms with Gasteiger partial charge >= 0.3 is 0 Å². The molecule has 0 aliphatic rings. The molecule has 15 heavy (non-hydrogen) atoms. The first kappa shape index (κ1) is 9.83. The zero-order chi connectivity index (χ0) is 11.1. The molecule has 0 saturated heterocycles. The number of anilines is 1. The predicted molar refractivity (Wildman–Crippen MR) is 60.4 cm³/mol. The molecule has 0 fully saturated rings. The lowest BCUT2D eigenvalue weighted by Gasteiger charge is -2.17. The van der Waals surface area contributed by atoms with E-state index in [2.05, 4.69) is 35.7 Å². The Labute approximate surface area is 88.6 Å². The van der Waals surface area contributed by atoms with Crippen LogP contribution in [0.15, 0.2) is 18.5 Å². The number of nitrogen functional groups attached to an aromatic ring is 1. The van der Waals surface area contributed by atoms with E-state index in [9.17, 15) is 0 Å². The Bertz CT molecular complexity index is 499. The Morgan fingerprint density at radius 2 is 1.87 bits per heavy atom. The van der Waals surface area contributed by atoms with Crippen LogP contribution in [0.1, 0.15) is 26.5 Å². The van der Waals surface area contributed by atoms with Crippen molar-refractivity contribution >= 4 is 16.9 Å². The fraction of sp³-hybridized carbons (Fsp3) is 0.364. The zero-order valence-corrected chi connectivity index (χ0v) is 9.15. The van der Waals surface area contributed by atoms with Gasteiger partial charge in [-0.2, -0.15) is 0 Å². The van der Waals surface area contributed by atoms with E-state index in [-0.39, 0.29) is 5.41 Å². The molecule has 0 amide bonds. The van der Waals surface area contributed by atoms with Crippen molar-refractivity contribution in [2.24, 2.45) is 0 Å². The van der Waals surface area contributed by atoms with E-state index in [1.165, 1.54) is 6.33 Å². The third kappa shape index (κ3) is 1.75. The lowest BCUT2D eigenvalue weighted by atomic mass is 9.91. The molecule has 2 N–H and O–H groups in total. The molecule has 0 aliphatic heterocycles. The first-order valence-corrected chi connectivity index (χ1v) is 4.86. The molecule has 0 spiro atoms. The normalized spacial score (nSPS) is 11.9. The zero-order valence-electron chi connectivity index (χ0n) is 9.15. The summed E-state index contributed by atoms with van der Waals surface area (Å²) in [6, 6.07) is 3.91. The highest BCUT2D eigenvalue weighted by Crippen LogP contribution is 2.23. The van der Waals surface area contributed by atoms with E-state index in [1.54, 1.807) is 0 Å². The number of fused-ring (bicyclic) bond motifs is 1. The molecule has 2 heterocycles. The highest BCUT2D eigenvalue weighted by atomic mass is 14.9. The molecule has 2 aromatic rings. The van der Waals surface area contributed by atoms with Crippen LogP contribution in [0.4, 0.5) is 5.82 Å². The molecule has 0 saturated carbocycles. The second-order valence-corrected chi connectivity index (χ2v) is 4.57. The second-order valence-electron chi connectivity index (χ2n) is 4.57. The molecular weight excluding hydrogens is 188 g/mol. The summed E-state index contributed by atoms with van der Waals surface area (Å²) in [5, 5.41) is 0. The van der Waals surface area contributed by atoms with Crippen molar-refractivity contribution in [2.45, 2.75) is 26.2 Å². The van der Waals surface area contributed by atoms with Crippen molar-refractivity contribution in [1.29, 1.82) is 0 Å². The summed E-state index contributed by atoms with van der Waals surface area (Å²) in [6.07, 6.45) is 1.45. The van der Waals surface area contributed by atoms with Gasteiger partial charge in [-0.3, -0.25) is 0 Å². The summed E-state index contributed by atoms with van der Waals surface area (Å²) in [5.41, 5.74) is 8.23. The quantitative estimate of drug-likeness (QED) is 0.708. The van der Waals surface area contributed by atoms with Gasteiger partial charge in [0.15, 0.2) is 5.82 Å². The minimum atomic E-state index is 0.0104. The molecule has 78 valence electrons. The van der Waals surface area contributed by atoms with Crippen LogP contribution >= 0.6 is 0 Å². The number of hydrogen-bond donors (Lipinski definition) is 1. The lowest BCUT2D eigenvalue weighted by Crippen LogP contribution is -2.13. The third-order valence-corrected chi connectivity index (χ3v) is 2.28. The Balaban J connectivity index is 2.70. The van der Waals surface area contributed by atoms with E-state index < -0.39 is 0 Å². The summed E-state index contributed by atoms with van der Waals surface area (Å²) in [7, 11) is 0. The van der Waals surface area contributed by atoms with Gasteiger partial charge in [0.25, 0.3) is 0 Å². The average Bonchev–Trinajstić information content (AvgIpc) is 2.16. The first-order valence-electron chi connectivity index (χ1n) is 4.86. The lowest BCUT2D eigenvalue weighted by molar-refractivity contribution is 0.571. The van der Waals surface area contributed by atoms with Crippen LogP contribution in [-0.2, 0) is 5.41 Å². The Morgan fingerprint density at radius 1 is 1.13 bits per heavy atom. The number of aromatic nitrogens is 3. The van der Waals surface area contributed by atoms with E-state index in [4.69, 9.17) is 5.73 Å². The van der Waals surface area contributed by atoms with Crippen LogP contribution in [0, 0.1) is 0 Å². The van der Waals surface area contributed by atoms with Gasteiger partial charge in [-0.15, -0.1) is 0 Å². The van der Waals surface area contributed by atoms with Gasteiger partial charge in [-0.25, -0.2) is 15.0 Å². The summed E-state index contributed by atoms with van der Waals surface area (Å²) in [5.74, 6) is 0.436. The maximum Gasteiger partial charge on any atom is 0.153 e. The van der Waals surface area contributed by atoms with Crippen molar-refractivity contribution in [1.82, 2.24) is 15.0 Å². The van der Waals surface area contributed by atoms with Gasteiger partial charge in [0, 0.05) is 11.1 Å². The van der Waals surface area contributed by atoms with Crippen LogP contribution in [0.5, 0.6) is 0 Å². The van der Waals surface area contributed by atoms with Crippen LogP contribution in [0.25, 0.3) is 11.0 Å². The molecular formula is C11H14N4. The number of hydrogen-bond acceptors (Lipinski definition) is 4. The van der Waals surface area contributed by atoms with Crippen LogP contribution in [0.2, 0.25) is 0 Å². The highest BCUT2D eigenvalue weighted by molar-refractivity contribution is 5.83. The minimum Gasteiger partial charge on any atom is -0.382 e. The Kier molecular flexibility index (Phi) is 2.07. The standard InChI is InChI=1S/C11H14N4/c1-11(2,3)8-5-4-7-9(15-8)10(12)14-6-13-7/h4-6H,1-3H3,(H2,12,13,14). The molecule has 0 aliphatic carbocycles. The van der Waals surface area contributed by atoms with Crippen LogP contribution < -0.4 is 5.73 Å². The summed E-state index contributed by atoms with van der Waals surface area (Å²) in [6.45, 7) is 6.34. The smallest absolute Gasteiger partial charge is 0.153 e. The van der Waals surface area contributed by atoms with Crippen molar-refractivity contribution in [2.75, 3.05) is 5.73 Å². The monoisotopic (exact) mass is 202 g/mol. The molecule has 0 bridgehead atoms. The molecule has 4 nitrogen and oxygen atoms in total. The molecule has 0 atom stereocenters. The summed E-state index contributed by atoms with van der Waals surface area (Å²) >= 11 is 0. The summed E-state index contributed by atoms with van der Waals surface area (Å²) in [4.78, 5) is 12.5. The fourth-order valence-corrected chi connectivity index (χ4v) is 1.38.